The predicted octanol–water partition coefficient (Wildman–Crippen LogP) is 1.19. The predicted molar refractivity (Wildman–Crippen MR) is 58.5 cm³/mol. The van der Waals surface area contributed by atoms with Gasteiger partial charge in [-0.15, -0.1) is 0 Å². The highest BCUT2D eigenvalue weighted by molar-refractivity contribution is 5.73. The second-order valence-electron chi connectivity index (χ2n) is 3.60. The molecule has 1 aromatic carbocycles. The molecule has 0 atom stereocenters. The van der Waals surface area contributed by atoms with Crippen molar-refractivity contribution in [1.82, 2.24) is 10.2 Å². The fourth-order valence-corrected chi connectivity index (χ4v) is 1.58. The van der Waals surface area contributed by atoms with Gasteiger partial charge in [-0.05, 0) is 17.7 Å². The number of nitrogens with zero attached hydrogens (tertiary/aromatic N) is 1. The molecule has 1 N–H and O–H groups in total. The van der Waals surface area contributed by atoms with Crippen LogP contribution in [0.2, 0.25) is 0 Å². The summed E-state index contributed by atoms with van der Waals surface area (Å²) in [7, 11) is 3.35. The van der Waals surface area contributed by atoms with Crippen molar-refractivity contribution in [1.29, 1.82) is 0 Å². The number of carbonyl (C=O) groups excluding carboxylic acids is 1. The summed E-state index contributed by atoms with van der Waals surface area (Å²) < 4.78 is 10.5. The van der Waals surface area contributed by atoms with Crippen molar-refractivity contribution in [3.63, 3.8) is 0 Å². The van der Waals surface area contributed by atoms with Crippen molar-refractivity contribution in [2.24, 2.45) is 0 Å². The van der Waals surface area contributed by atoms with Crippen LogP contribution in [-0.4, -0.2) is 31.8 Å². The highest BCUT2D eigenvalue weighted by Gasteiger charge is 2.14. The van der Waals surface area contributed by atoms with Crippen molar-refractivity contribution in [3.8, 4) is 11.5 Å². The average molecular weight is 222 g/mol. The smallest absolute Gasteiger partial charge is 0.317 e. The number of hydrogen-bond donors (Lipinski definition) is 1. The highest BCUT2D eigenvalue weighted by Crippen LogP contribution is 2.32. The van der Waals surface area contributed by atoms with Crippen LogP contribution in [0.3, 0.4) is 0 Å². The van der Waals surface area contributed by atoms with E-state index in [1.54, 1.807) is 19.0 Å². The second-order valence-corrected chi connectivity index (χ2v) is 3.60. The average Bonchev–Trinajstić information content (AvgIpc) is 2.75. The molecular formula is C11H14N2O3. The number of urea groups is 1. The molecule has 0 bridgehead atoms. The van der Waals surface area contributed by atoms with Gasteiger partial charge >= 0.3 is 6.03 Å². The van der Waals surface area contributed by atoms with Crippen LogP contribution < -0.4 is 14.8 Å². The van der Waals surface area contributed by atoms with Gasteiger partial charge in [0.15, 0.2) is 11.5 Å². The summed E-state index contributed by atoms with van der Waals surface area (Å²) in [5.74, 6) is 1.49. The van der Waals surface area contributed by atoms with E-state index >= 15 is 0 Å². The summed E-state index contributed by atoms with van der Waals surface area (Å²) in [4.78, 5) is 12.9. The first-order chi connectivity index (χ1) is 7.70. The maximum absolute atomic E-state index is 11.3. The minimum atomic E-state index is -0.113. The van der Waals surface area contributed by atoms with Gasteiger partial charge in [-0.2, -0.15) is 0 Å². The van der Waals surface area contributed by atoms with Crippen molar-refractivity contribution < 1.29 is 14.3 Å². The zero-order chi connectivity index (χ0) is 11.5. The van der Waals surface area contributed by atoms with Crippen LogP contribution in [-0.2, 0) is 6.54 Å². The molecule has 5 heteroatoms. The first-order valence-electron chi connectivity index (χ1n) is 5.02. The normalized spacial score (nSPS) is 12.4. The Bertz CT molecular complexity index is 406. The zero-order valence-corrected chi connectivity index (χ0v) is 9.32. The summed E-state index contributed by atoms with van der Waals surface area (Å²) in [6.07, 6.45) is 0. The molecule has 1 aliphatic rings. The zero-order valence-electron chi connectivity index (χ0n) is 9.32. The van der Waals surface area contributed by atoms with E-state index in [1.165, 1.54) is 0 Å². The summed E-state index contributed by atoms with van der Waals surface area (Å²) in [5.41, 5.74) is 1.01. The number of rotatable bonds is 2. The van der Waals surface area contributed by atoms with Crippen LogP contribution in [0.5, 0.6) is 11.5 Å². The quantitative estimate of drug-likeness (QED) is 0.817. The molecule has 0 fully saturated rings. The van der Waals surface area contributed by atoms with Crippen LogP contribution >= 0.6 is 0 Å². The molecule has 1 aliphatic heterocycles. The molecule has 2 rings (SSSR count). The summed E-state index contributed by atoms with van der Waals surface area (Å²) in [6.45, 7) is 0.806. The fourth-order valence-electron chi connectivity index (χ4n) is 1.58. The van der Waals surface area contributed by atoms with Crippen LogP contribution in [0.25, 0.3) is 0 Å². The highest BCUT2D eigenvalue weighted by atomic mass is 16.7. The van der Waals surface area contributed by atoms with Gasteiger partial charge in [-0.3, -0.25) is 0 Å². The van der Waals surface area contributed by atoms with E-state index in [4.69, 9.17) is 9.47 Å². The number of carbonyl (C=O) groups is 1. The van der Waals surface area contributed by atoms with Crippen LogP contribution in [0, 0.1) is 0 Å². The Morgan fingerprint density at radius 2 is 2.19 bits per heavy atom. The summed E-state index contributed by atoms with van der Waals surface area (Å²) >= 11 is 0. The van der Waals surface area contributed by atoms with Gasteiger partial charge < -0.3 is 19.7 Å². The number of hydrogen-bond acceptors (Lipinski definition) is 3. The Hall–Kier alpha value is -1.91. The molecule has 0 spiro atoms. The van der Waals surface area contributed by atoms with Crippen LogP contribution in [0.1, 0.15) is 5.56 Å². The Kier molecular flexibility index (Phi) is 2.85. The molecule has 0 unspecified atom stereocenters. The van der Waals surface area contributed by atoms with E-state index in [2.05, 4.69) is 5.32 Å². The van der Waals surface area contributed by atoms with Crippen LogP contribution in [0.15, 0.2) is 18.2 Å². The Morgan fingerprint density at radius 3 is 2.94 bits per heavy atom. The van der Waals surface area contributed by atoms with Gasteiger partial charge in [0.2, 0.25) is 6.79 Å². The minimum Gasteiger partial charge on any atom is -0.454 e. The lowest BCUT2D eigenvalue weighted by molar-refractivity contribution is 0.174. The number of fused-ring (bicyclic) bond motifs is 1. The van der Waals surface area contributed by atoms with Gasteiger partial charge in [-0.25, -0.2) is 4.79 Å². The molecule has 0 radical (unpaired) electrons. The van der Waals surface area contributed by atoms with Gasteiger partial charge in [-0.1, -0.05) is 6.07 Å². The number of benzene rings is 1. The first-order valence-corrected chi connectivity index (χ1v) is 5.02. The number of ether oxygens (including phenoxy) is 2. The fraction of sp³-hybridized carbons (Fsp3) is 0.364. The molecule has 0 aromatic heterocycles. The molecule has 1 heterocycles. The molecule has 86 valence electrons. The topological polar surface area (TPSA) is 50.8 Å². The number of nitrogens with one attached hydrogen (secondary N) is 1. The van der Waals surface area contributed by atoms with E-state index < -0.39 is 0 Å². The van der Waals surface area contributed by atoms with E-state index in [1.807, 2.05) is 18.2 Å². The Balaban J connectivity index is 2.08. The van der Waals surface area contributed by atoms with Gasteiger partial charge in [0.25, 0.3) is 0 Å². The van der Waals surface area contributed by atoms with Crippen molar-refractivity contribution in [2.75, 3.05) is 20.9 Å². The van der Waals surface area contributed by atoms with Gasteiger partial charge in [0.05, 0.1) is 0 Å². The maximum Gasteiger partial charge on any atom is 0.317 e. The molecule has 0 saturated heterocycles. The van der Waals surface area contributed by atoms with E-state index in [0.29, 0.717) is 6.54 Å². The lowest BCUT2D eigenvalue weighted by Crippen LogP contribution is -2.34. The van der Waals surface area contributed by atoms with E-state index in [9.17, 15) is 4.79 Å². The Morgan fingerprint density at radius 1 is 1.44 bits per heavy atom. The van der Waals surface area contributed by atoms with Crippen molar-refractivity contribution in [3.05, 3.63) is 23.8 Å². The molecule has 0 saturated carbocycles. The molecule has 0 aliphatic carbocycles. The minimum absolute atomic E-state index is 0.113. The lowest BCUT2D eigenvalue weighted by Gasteiger charge is -2.16. The van der Waals surface area contributed by atoms with Crippen LogP contribution in [0.4, 0.5) is 4.79 Å². The number of amides is 2. The molecule has 2 amide bonds. The SMILES string of the molecule is CNC(=O)N(C)Cc1ccc2c(c1)OCO2. The van der Waals surface area contributed by atoms with E-state index in [0.717, 1.165) is 17.1 Å². The summed E-state index contributed by atoms with van der Waals surface area (Å²) in [5, 5.41) is 2.57. The van der Waals surface area contributed by atoms with Gasteiger partial charge in [0.1, 0.15) is 0 Å². The van der Waals surface area contributed by atoms with Crippen molar-refractivity contribution in [2.45, 2.75) is 6.54 Å². The molecule has 16 heavy (non-hydrogen) atoms. The third-order valence-electron chi connectivity index (χ3n) is 2.42. The monoisotopic (exact) mass is 222 g/mol. The lowest BCUT2D eigenvalue weighted by atomic mass is 10.2. The molecular weight excluding hydrogens is 208 g/mol. The first kappa shape index (κ1) is 10.6. The van der Waals surface area contributed by atoms with Crippen molar-refractivity contribution >= 4 is 6.03 Å². The molecule has 1 aromatic rings. The summed E-state index contributed by atoms with van der Waals surface area (Å²) in [6, 6.07) is 5.56. The maximum atomic E-state index is 11.3. The third kappa shape index (κ3) is 2.03. The Labute approximate surface area is 93.9 Å². The van der Waals surface area contributed by atoms with Gasteiger partial charge in [0, 0.05) is 20.6 Å². The second kappa shape index (κ2) is 4.30. The third-order valence-corrected chi connectivity index (χ3v) is 2.42. The molecule has 5 nitrogen and oxygen atoms in total. The standard InChI is InChI=1S/C11H14N2O3/c1-12-11(14)13(2)6-8-3-4-9-10(5-8)16-7-15-9/h3-5H,6-7H2,1-2H3,(H,12,14). The largest absolute Gasteiger partial charge is 0.454 e. The van der Waals surface area contributed by atoms with E-state index in [-0.39, 0.29) is 12.8 Å².